The number of hydrogen-bond acceptors (Lipinski definition) is 4. The van der Waals surface area contributed by atoms with Gasteiger partial charge in [-0.15, -0.1) is 0 Å². The number of carbonyl (C=O) groups is 2. The van der Waals surface area contributed by atoms with E-state index >= 15 is 0 Å². The zero-order valence-electron chi connectivity index (χ0n) is 15.7. The van der Waals surface area contributed by atoms with Gasteiger partial charge in [0.2, 0.25) is 0 Å². The van der Waals surface area contributed by atoms with E-state index in [0.717, 1.165) is 11.1 Å². The second kappa shape index (κ2) is 9.66. The predicted molar refractivity (Wildman–Crippen MR) is 116 cm³/mol. The molecule has 1 amide bonds. The number of ether oxygens (including phenoxy) is 1. The van der Waals surface area contributed by atoms with Gasteiger partial charge >= 0.3 is 5.97 Å². The van der Waals surface area contributed by atoms with Crippen LogP contribution < -0.4 is 15.4 Å². The predicted octanol–water partition coefficient (Wildman–Crippen LogP) is 4.47. The van der Waals surface area contributed by atoms with Crippen LogP contribution in [0.4, 0.5) is 5.69 Å². The van der Waals surface area contributed by atoms with Gasteiger partial charge in [-0.1, -0.05) is 41.9 Å². The Hall–Kier alpha value is -2.45. The third-order valence-corrected chi connectivity index (χ3v) is 4.56. The van der Waals surface area contributed by atoms with E-state index in [0.29, 0.717) is 10.2 Å². The molecule has 0 spiro atoms. The Bertz CT molecular complexity index is 915. The lowest BCUT2D eigenvalue weighted by molar-refractivity contribution is -0.121. The molecule has 0 radical (unpaired) electrons. The van der Waals surface area contributed by atoms with Crippen LogP contribution in [0.3, 0.4) is 0 Å². The average molecular weight is 465 g/mol. The molecule has 0 bridgehead atoms. The zero-order chi connectivity index (χ0) is 20.8. The molecule has 0 fully saturated rings. The Balaban J connectivity index is 1.98. The van der Waals surface area contributed by atoms with E-state index in [4.69, 9.17) is 17.0 Å². The lowest BCUT2D eigenvalue weighted by atomic mass is 10.0. The summed E-state index contributed by atoms with van der Waals surface area (Å²) in [6.07, 6.45) is 0. The lowest BCUT2D eigenvalue weighted by Crippen LogP contribution is -2.37. The summed E-state index contributed by atoms with van der Waals surface area (Å²) in [7, 11) is 0. The number of aryl methyl sites for hydroxylation is 1. The standard InChI is InChI=1S/C20H21BrN2O4S/c1-11(2)14-6-4-12(3)8-17(14)27-10-18(24)23-20(28)22-16-7-5-13(21)9-15(16)19(25)26/h4-9,11H,10H2,1-3H3,(H,25,26)(H2,22,23,24,28). The lowest BCUT2D eigenvalue weighted by Gasteiger charge is -2.15. The maximum absolute atomic E-state index is 12.2. The zero-order valence-corrected chi connectivity index (χ0v) is 18.1. The van der Waals surface area contributed by atoms with E-state index < -0.39 is 11.9 Å². The number of hydrogen-bond donors (Lipinski definition) is 3. The first-order valence-corrected chi connectivity index (χ1v) is 9.74. The largest absolute Gasteiger partial charge is 0.483 e. The summed E-state index contributed by atoms with van der Waals surface area (Å²) in [5.41, 5.74) is 2.36. The smallest absolute Gasteiger partial charge is 0.337 e. The Labute approximate surface area is 177 Å². The Morgan fingerprint density at radius 1 is 1.21 bits per heavy atom. The minimum Gasteiger partial charge on any atom is -0.483 e. The monoisotopic (exact) mass is 464 g/mol. The molecule has 2 rings (SSSR count). The van der Waals surface area contributed by atoms with Gasteiger partial charge in [-0.25, -0.2) is 4.79 Å². The molecule has 3 N–H and O–H groups in total. The van der Waals surface area contributed by atoms with Crippen LogP contribution in [0.1, 0.15) is 41.3 Å². The Kier molecular flexibility index (Phi) is 7.53. The van der Waals surface area contributed by atoms with Gasteiger partial charge in [0, 0.05) is 4.47 Å². The van der Waals surface area contributed by atoms with Crippen molar-refractivity contribution in [3.8, 4) is 5.75 Å². The number of nitrogens with one attached hydrogen (secondary N) is 2. The number of rotatable bonds is 6. The van der Waals surface area contributed by atoms with Crippen LogP contribution in [0.2, 0.25) is 0 Å². The van der Waals surface area contributed by atoms with Crippen molar-refractivity contribution >= 4 is 50.8 Å². The molecule has 0 saturated carbocycles. The van der Waals surface area contributed by atoms with Gasteiger partial charge in [-0.3, -0.25) is 10.1 Å². The Morgan fingerprint density at radius 3 is 2.57 bits per heavy atom. The van der Waals surface area contributed by atoms with Crippen LogP contribution >= 0.6 is 28.1 Å². The molecule has 0 aromatic heterocycles. The number of thiocarbonyl (C=S) groups is 1. The molecule has 148 valence electrons. The highest BCUT2D eigenvalue weighted by Crippen LogP contribution is 2.27. The highest BCUT2D eigenvalue weighted by molar-refractivity contribution is 9.10. The number of benzene rings is 2. The van der Waals surface area contributed by atoms with Gasteiger partial charge in [-0.05, 0) is 60.5 Å². The van der Waals surface area contributed by atoms with Crippen molar-refractivity contribution in [1.82, 2.24) is 5.32 Å². The van der Waals surface area contributed by atoms with Crippen LogP contribution in [-0.4, -0.2) is 28.7 Å². The molecular formula is C20H21BrN2O4S. The van der Waals surface area contributed by atoms with E-state index in [1.54, 1.807) is 12.1 Å². The van der Waals surface area contributed by atoms with Gasteiger partial charge in [0.05, 0.1) is 11.3 Å². The van der Waals surface area contributed by atoms with Crippen LogP contribution in [0.5, 0.6) is 5.75 Å². The molecule has 0 saturated heterocycles. The average Bonchev–Trinajstić information content (AvgIpc) is 2.61. The summed E-state index contributed by atoms with van der Waals surface area (Å²) >= 11 is 8.33. The number of amides is 1. The molecule has 8 heteroatoms. The summed E-state index contributed by atoms with van der Waals surface area (Å²) in [6.45, 7) is 5.84. The first-order chi connectivity index (χ1) is 13.2. The number of aromatic carboxylic acids is 1. The first kappa shape index (κ1) is 21.8. The third-order valence-electron chi connectivity index (χ3n) is 3.86. The summed E-state index contributed by atoms with van der Waals surface area (Å²) in [5, 5.41) is 14.5. The fraction of sp³-hybridized carbons (Fsp3) is 0.250. The normalized spacial score (nSPS) is 10.5. The molecule has 0 aliphatic carbocycles. The minimum absolute atomic E-state index is 0.00764. The highest BCUT2D eigenvalue weighted by Gasteiger charge is 2.14. The van der Waals surface area contributed by atoms with Crippen molar-refractivity contribution < 1.29 is 19.4 Å². The van der Waals surface area contributed by atoms with Crippen molar-refractivity contribution in [3.63, 3.8) is 0 Å². The van der Waals surface area contributed by atoms with Crippen LogP contribution in [0.25, 0.3) is 0 Å². The minimum atomic E-state index is -1.11. The molecule has 0 aliphatic heterocycles. The van der Waals surface area contributed by atoms with E-state index in [1.807, 2.05) is 25.1 Å². The number of carboxylic acids is 1. The molecule has 2 aromatic rings. The van der Waals surface area contributed by atoms with E-state index in [-0.39, 0.29) is 28.9 Å². The van der Waals surface area contributed by atoms with Crippen molar-refractivity contribution in [2.75, 3.05) is 11.9 Å². The molecule has 0 aliphatic rings. The number of anilines is 1. The summed E-state index contributed by atoms with van der Waals surface area (Å²) in [5.74, 6) is -0.636. The van der Waals surface area contributed by atoms with Crippen molar-refractivity contribution in [2.45, 2.75) is 26.7 Å². The van der Waals surface area contributed by atoms with Gasteiger partial charge in [-0.2, -0.15) is 0 Å². The fourth-order valence-corrected chi connectivity index (χ4v) is 3.09. The Morgan fingerprint density at radius 2 is 1.93 bits per heavy atom. The molecule has 2 aromatic carbocycles. The SMILES string of the molecule is Cc1ccc(C(C)C)c(OCC(=O)NC(=S)Nc2ccc(Br)cc2C(=O)O)c1. The number of halogens is 1. The number of carboxylic acid groups (broad SMARTS) is 1. The van der Waals surface area contributed by atoms with Crippen molar-refractivity contribution in [3.05, 3.63) is 57.6 Å². The maximum atomic E-state index is 12.2. The fourth-order valence-electron chi connectivity index (χ4n) is 2.51. The van der Waals surface area contributed by atoms with Gasteiger partial charge < -0.3 is 15.2 Å². The van der Waals surface area contributed by atoms with E-state index in [1.165, 1.54) is 6.07 Å². The van der Waals surface area contributed by atoms with Crippen LogP contribution in [0.15, 0.2) is 40.9 Å². The molecule has 0 heterocycles. The number of carbonyl (C=O) groups excluding carboxylic acids is 1. The summed E-state index contributed by atoms with van der Waals surface area (Å²) in [4.78, 5) is 23.5. The maximum Gasteiger partial charge on any atom is 0.337 e. The quantitative estimate of drug-likeness (QED) is 0.546. The van der Waals surface area contributed by atoms with E-state index in [9.17, 15) is 14.7 Å². The molecule has 0 unspecified atom stereocenters. The van der Waals surface area contributed by atoms with Crippen LogP contribution in [-0.2, 0) is 4.79 Å². The molecule has 28 heavy (non-hydrogen) atoms. The van der Waals surface area contributed by atoms with Crippen LogP contribution in [0, 0.1) is 6.92 Å². The highest BCUT2D eigenvalue weighted by atomic mass is 79.9. The molecule has 6 nitrogen and oxygen atoms in total. The molecular weight excluding hydrogens is 444 g/mol. The molecule has 0 atom stereocenters. The second-order valence-electron chi connectivity index (χ2n) is 6.48. The van der Waals surface area contributed by atoms with Gasteiger partial charge in [0.1, 0.15) is 5.75 Å². The van der Waals surface area contributed by atoms with Gasteiger partial charge in [0.15, 0.2) is 11.7 Å². The van der Waals surface area contributed by atoms with Crippen molar-refractivity contribution in [1.29, 1.82) is 0 Å². The third kappa shape index (κ3) is 6.03. The summed E-state index contributed by atoms with van der Waals surface area (Å²) in [6, 6.07) is 10.6. The summed E-state index contributed by atoms with van der Waals surface area (Å²) < 4.78 is 6.29. The van der Waals surface area contributed by atoms with Gasteiger partial charge in [0.25, 0.3) is 5.91 Å². The van der Waals surface area contributed by atoms with Crippen molar-refractivity contribution in [2.24, 2.45) is 0 Å². The second-order valence-corrected chi connectivity index (χ2v) is 7.81. The van der Waals surface area contributed by atoms with E-state index in [2.05, 4.69) is 40.4 Å². The first-order valence-electron chi connectivity index (χ1n) is 8.54. The topological polar surface area (TPSA) is 87.7 Å².